The van der Waals surface area contributed by atoms with Crippen LogP contribution in [-0.4, -0.2) is 49.4 Å². The Bertz CT molecular complexity index is 332. The quantitative estimate of drug-likeness (QED) is 0.783. The molecule has 2 aliphatic rings. The monoisotopic (exact) mass is 267 g/mol. The van der Waals surface area contributed by atoms with Crippen LogP contribution in [0.2, 0.25) is 0 Å². The summed E-state index contributed by atoms with van der Waals surface area (Å²) in [6, 6.07) is 0. The molecular formula is C14H25N3O2. The van der Waals surface area contributed by atoms with Gasteiger partial charge in [-0.3, -0.25) is 9.59 Å². The highest BCUT2D eigenvalue weighted by molar-refractivity contribution is 5.84. The van der Waals surface area contributed by atoms with E-state index in [4.69, 9.17) is 0 Å². The molecular weight excluding hydrogens is 242 g/mol. The van der Waals surface area contributed by atoms with Crippen LogP contribution in [0.1, 0.15) is 39.0 Å². The van der Waals surface area contributed by atoms with Gasteiger partial charge in [0.1, 0.15) is 0 Å². The molecule has 2 fully saturated rings. The van der Waals surface area contributed by atoms with Gasteiger partial charge >= 0.3 is 0 Å². The summed E-state index contributed by atoms with van der Waals surface area (Å²) in [6.45, 7) is 5.82. The molecule has 0 aromatic heterocycles. The minimum absolute atomic E-state index is 0.0603. The van der Waals surface area contributed by atoms with Gasteiger partial charge in [0, 0.05) is 26.1 Å². The van der Waals surface area contributed by atoms with E-state index in [1.165, 1.54) is 0 Å². The zero-order chi connectivity index (χ0) is 13.7. The fourth-order valence-electron chi connectivity index (χ4n) is 3.26. The van der Waals surface area contributed by atoms with Crippen molar-refractivity contribution in [2.24, 2.45) is 5.41 Å². The molecule has 2 aliphatic heterocycles. The Balaban J connectivity index is 2.07. The highest BCUT2D eigenvalue weighted by Crippen LogP contribution is 2.36. The van der Waals surface area contributed by atoms with Crippen molar-refractivity contribution in [2.45, 2.75) is 39.0 Å². The van der Waals surface area contributed by atoms with Crippen LogP contribution in [-0.2, 0) is 9.59 Å². The largest absolute Gasteiger partial charge is 0.354 e. The minimum atomic E-state index is -0.187. The number of rotatable bonds is 3. The molecule has 0 saturated carbocycles. The first kappa shape index (κ1) is 14.3. The van der Waals surface area contributed by atoms with Gasteiger partial charge in [-0.25, -0.2) is 0 Å². The van der Waals surface area contributed by atoms with Crippen LogP contribution in [0, 0.1) is 5.41 Å². The van der Waals surface area contributed by atoms with Gasteiger partial charge in [-0.2, -0.15) is 0 Å². The Labute approximate surface area is 115 Å². The topological polar surface area (TPSA) is 61.4 Å². The first-order valence-electron chi connectivity index (χ1n) is 7.45. The molecule has 19 heavy (non-hydrogen) atoms. The van der Waals surface area contributed by atoms with Gasteiger partial charge in [0.2, 0.25) is 11.8 Å². The average Bonchev–Trinajstić information content (AvgIpc) is 2.64. The molecule has 108 valence electrons. The molecule has 0 spiro atoms. The third kappa shape index (κ3) is 3.26. The first-order valence-corrected chi connectivity index (χ1v) is 7.45. The lowest BCUT2D eigenvalue weighted by molar-refractivity contribution is -0.144. The van der Waals surface area contributed by atoms with Crippen molar-refractivity contribution in [3.63, 3.8) is 0 Å². The number of nitrogens with one attached hydrogen (secondary N) is 2. The Kier molecular flexibility index (Phi) is 4.80. The number of nitrogens with zero attached hydrogens (tertiary/aromatic N) is 1. The predicted octanol–water partition coefficient (Wildman–Crippen LogP) is 0.505. The van der Waals surface area contributed by atoms with Gasteiger partial charge in [-0.05, 0) is 32.4 Å². The third-order valence-corrected chi connectivity index (χ3v) is 4.34. The number of hydrogen-bond acceptors (Lipinski definition) is 3. The molecule has 2 saturated heterocycles. The van der Waals surface area contributed by atoms with Crippen LogP contribution in [0.5, 0.6) is 0 Å². The molecule has 2 N–H and O–H groups in total. The van der Waals surface area contributed by atoms with Crippen molar-refractivity contribution in [1.29, 1.82) is 0 Å². The summed E-state index contributed by atoms with van der Waals surface area (Å²) in [6.07, 6.45) is 4.30. The average molecular weight is 267 g/mol. The van der Waals surface area contributed by atoms with Gasteiger partial charge in [-0.15, -0.1) is 0 Å². The van der Waals surface area contributed by atoms with Crippen molar-refractivity contribution in [3.05, 3.63) is 0 Å². The molecule has 5 heteroatoms. The Morgan fingerprint density at radius 2 is 2.00 bits per heavy atom. The van der Waals surface area contributed by atoms with E-state index in [-0.39, 0.29) is 17.2 Å². The maximum absolute atomic E-state index is 12.9. The van der Waals surface area contributed by atoms with Crippen LogP contribution < -0.4 is 10.6 Å². The first-order chi connectivity index (χ1) is 9.18. The second-order valence-electron chi connectivity index (χ2n) is 5.67. The van der Waals surface area contributed by atoms with Gasteiger partial charge in [0.05, 0.1) is 5.41 Å². The second-order valence-corrected chi connectivity index (χ2v) is 5.67. The summed E-state index contributed by atoms with van der Waals surface area (Å²) >= 11 is 0. The maximum atomic E-state index is 12.9. The Hall–Kier alpha value is -1.10. The van der Waals surface area contributed by atoms with E-state index >= 15 is 0 Å². The molecule has 2 amide bonds. The van der Waals surface area contributed by atoms with Gasteiger partial charge in [0.15, 0.2) is 0 Å². The van der Waals surface area contributed by atoms with Gasteiger partial charge < -0.3 is 15.5 Å². The normalized spacial score (nSPS) is 23.6. The number of hydrogen-bond donors (Lipinski definition) is 2. The molecule has 0 radical (unpaired) electrons. The number of carbonyl (C=O) groups excluding carboxylic acids is 2. The molecule has 0 atom stereocenters. The Morgan fingerprint density at radius 1 is 1.26 bits per heavy atom. The summed E-state index contributed by atoms with van der Waals surface area (Å²) in [4.78, 5) is 26.2. The van der Waals surface area contributed by atoms with Crippen LogP contribution in [0.25, 0.3) is 0 Å². The van der Waals surface area contributed by atoms with Gasteiger partial charge in [-0.1, -0.05) is 13.3 Å². The third-order valence-electron chi connectivity index (χ3n) is 4.34. The van der Waals surface area contributed by atoms with Crippen LogP contribution in [0.3, 0.4) is 0 Å². The Morgan fingerprint density at radius 3 is 2.68 bits per heavy atom. The van der Waals surface area contributed by atoms with E-state index in [2.05, 4.69) is 17.6 Å². The predicted molar refractivity (Wildman–Crippen MR) is 73.7 cm³/mol. The summed E-state index contributed by atoms with van der Waals surface area (Å²) in [5.74, 6) is 0.331. The number of carbonyl (C=O) groups is 2. The summed E-state index contributed by atoms with van der Waals surface area (Å²) in [7, 11) is 0. The molecule has 0 aromatic rings. The van der Waals surface area contributed by atoms with Crippen LogP contribution in [0.15, 0.2) is 0 Å². The molecule has 0 bridgehead atoms. The van der Waals surface area contributed by atoms with Crippen LogP contribution in [0.4, 0.5) is 0 Å². The lowest BCUT2D eigenvalue weighted by Gasteiger charge is -2.39. The lowest BCUT2D eigenvalue weighted by Crippen LogP contribution is -2.50. The van der Waals surface area contributed by atoms with Gasteiger partial charge in [0.25, 0.3) is 0 Å². The van der Waals surface area contributed by atoms with Crippen LogP contribution >= 0.6 is 0 Å². The lowest BCUT2D eigenvalue weighted by atomic mass is 9.74. The molecule has 2 rings (SSSR count). The highest BCUT2D eigenvalue weighted by Gasteiger charge is 2.41. The van der Waals surface area contributed by atoms with E-state index in [0.29, 0.717) is 26.1 Å². The summed E-state index contributed by atoms with van der Waals surface area (Å²) in [5, 5.41) is 6.17. The highest BCUT2D eigenvalue weighted by atomic mass is 16.2. The molecule has 0 aliphatic carbocycles. The summed E-state index contributed by atoms with van der Waals surface area (Å²) < 4.78 is 0. The van der Waals surface area contributed by atoms with E-state index in [1.54, 1.807) is 0 Å². The molecule has 5 nitrogen and oxygen atoms in total. The zero-order valence-electron chi connectivity index (χ0n) is 11.8. The number of piperidine rings is 1. The standard InChI is InChI=1S/C14H25N3O2/c1-2-4-14(5-7-15-8-6-14)13(19)17-10-3-12(18)16-9-11-17/h15H,2-11H2,1H3,(H,16,18). The zero-order valence-corrected chi connectivity index (χ0v) is 11.8. The van der Waals surface area contributed by atoms with E-state index in [0.717, 1.165) is 38.8 Å². The van der Waals surface area contributed by atoms with Crippen molar-refractivity contribution < 1.29 is 9.59 Å². The minimum Gasteiger partial charge on any atom is -0.354 e. The molecule has 0 unspecified atom stereocenters. The maximum Gasteiger partial charge on any atom is 0.228 e. The molecule has 0 aromatic carbocycles. The van der Waals surface area contributed by atoms with E-state index in [9.17, 15) is 9.59 Å². The van der Waals surface area contributed by atoms with E-state index in [1.807, 2.05) is 4.90 Å². The van der Waals surface area contributed by atoms with Crippen molar-refractivity contribution >= 4 is 11.8 Å². The number of amides is 2. The second kappa shape index (κ2) is 6.37. The van der Waals surface area contributed by atoms with E-state index < -0.39 is 0 Å². The fourth-order valence-corrected chi connectivity index (χ4v) is 3.26. The fraction of sp³-hybridized carbons (Fsp3) is 0.857. The summed E-state index contributed by atoms with van der Waals surface area (Å²) in [5.41, 5.74) is -0.187. The van der Waals surface area contributed by atoms with Crippen molar-refractivity contribution in [2.75, 3.05) is 32.7 Å². The van der Waals surface area contributed by atoms with Crippen molar-refractivity contribution in [1.82, 2.24) is 15.5 Å². The smallest absolute Gasteiger partial charge is 0.228 e. The molecule has 2 heterocycles. The SMILES string of the molecule is CCCC1(C(=O)N2CCNC(=O)CC2)CCNCC1. The van der Waals surface area contributed by atoms with Crippen molar-refractivity contribution in [3.8, 4) is 0 Å².